The maximum Gasteiger partial charge on any atom is 0.170 e. The smallest absolute Gasteiger partial charge is 0.170 e. The number of amidine groups is 1. The van der Waals surface area contributed by atoms with Crippen molar-refractivity contribution in [1.82, 2.24) is 4.98 Å². The second kappa shape index (κ2) is 6.92. The first-order valence-electron chi connectivity index (χ1n) is 7.33. The summed E-state index contributed by atoms with van der Waals surface area (Å²) in [6.07, 6.45) is 2.10. The number of oxime groups is 1. The van der Waals surface area contributed by atoms with Crippen LogP contribution in [0.2, 0.25) is 0 Å². The Morgan fingerprint density at radius 1 is 1.24 bits per heavy atom. The van der Waals surface area contributed by atoms with Gasteiger partial charge in [0.2, 0.25) is 0 Å². The Balaban J connectivity index is 2.59. The standard InChI is InChI=1S/C16H22N4O/c1-3-9-20(10-4-2)15-11-13(16(17)19-21)12-7-5-6-8-14(12)18-15/h5-8,11,21H,3-4,9-10H2,1-2H3,(H2,17,19). The van der Waals surface area contributed by atoms with Crippen molar-refractivity contribution >= 4 is 22.6 Å². The first kappa shape index (κ1) is 15.1. The highest BCUT2D eigenvalue weighted by Crippen LogP contribution is 2.23. The van der Waals surface area contributed by atoms with Crippen LogP contribution in [-0.2, 0) is 0 Å². The number of hydrogen-bond donors (Lipinski definition) is 2. The Morgan fingerprint density at radius 3 is 2.52 bits per heavy atom. The number of hydrogen-bond acceptors (Lipinski definition) is 4. The minimum atomic E-state index is 0.114. The van der Waals surface area contributed by atoms with Crippen LogP contribution in [0, 0.1) is 0 Å². The molecule has 0 saturated carbocycles. The van der Waals surface area contributed by atoms with Crippen molar-refractivity contribution in [2.75, 3.05) is 18.0 Å². The Hall–Kier alpha value is -2.30. The average molecular weight is 286 g/mol. The molecule has 112 valence electrons. The number of pyridine rings is 1. The van der Waals surface area contributed by atoms with Gasteiger partial charge in [-0.2, -0.15) is 0 Å². The van der Waals surface area contributed by atoms with Gasteiger partial charge in [0.05, 0.1) is 5.52 Å². The molecule has 1 aromatic carbocycles. The van der Waals surface area contributed by atoms with Gasteiger partial charge in [-0.15, -0.1) is 0 Å². The fourth-order valence-electron chi connectivity index (χ4n) is 2.47. The molecule has 5 heteroatoms. The number of fused-ring (bicyclic) bond motifs is 1. The summed E-state index contributed by atoms with van der Waals surface area (Å²) in [5.74, 6) is 0.988. The summed E-state index contributed by atoms with van der Waals surface area (Å²) >= 11 is 0. The van der Waals surface area contributed by atoms with E-state index in [2.05, 4.69) is 23.9 Å². The molecule has 0 aliphatic heterocycles. The Morgan fingerprint density at radius 2 is 1.90 bits per heavy atom. The fourth-order valence-corrected chi connectivity index (χ4v) is 2.47. The maximum absolute atomic E-state index is 9.01. The molecule has 21 heavy (non-hydrogen) atoms. The highest BCUT2D eigenvalue weighted by Gasteiger charge is 2.13. The first-order chi connectivity index (χ1) is 10.2. The Labute approximate surface area is 125 Å². The summed E-state index contributed by atoms with van der Waals surface area (Å²) in [6, 6.07) is 9.65. The van der Waals surface area contributed by atoms with Gasteiger partial charge in [0, 0.05) is 24.0 Å². The molecule has 0 spiro atoms. The number of nitrogens with zero attached hydrogens (tertiary/aromatic N) is 3. The Bertz CT molecular complexity index is 633. The van der Waals surface area contributed by atoms with E-state index in [1.165, 1.54) is 0 Å². The van der Waals surface area contributed by atoms with Gasteiger partial charge in [0.1, 0.15) is 5.82 Å². The van der Waals surface area contributed by atoms with Gasteiger partial charge in [0.15, 0.2) is 5.84 Å². The lowest BCUT2D eigenvalue weighted by Crippen LogP contribution is -2.26. The van der Waals surface area contributed by atoms with E-state index in [0.29, 0.717) is 0 Å². The topological polar surface area (TPSA) is 74.7 Å². The summed E-state index contributed by atoms with van der Waals surface area (Å²) < 4.78 is 0. The molecule has 0 saturated heterocycles. The van der Waals surface area contributed by atoms with Crippen molar-refractivity contribution in [2.45, 2.75) is 26.7 Å². The molecule has 0 amide bonds. The van der Waals surface area contributed by atoms with E-state index in [1.54, 1.807) is 0 Å². The van der Waals surface area contributed by atoms with Crippen LogP contribution in [0.1, 0.15) is 32.3 Å². The lowest BCUT2D eigenvalue weighted by atomic mass is 10.1. The monoisotopic (exact) mass is 286 g/mol. The number of aromatic nitrogens is 1. The van der Waals surface area contributed by atoms with Gasteiger partial charge >= 0.3 is 0 Å². The lowest BCUT2D eigenvalue weighted by Gasteiger charge is -2.23. The molecule has 0 bridgehead atoms. The Kier molecular flexibility index (Phi) is 4.98. The van der Waals surface area contributed by atoms with Crippen molar-refractivity contribution in [2.24, 2.45) is 10.9 Å². The van der Waals surface area contributed by atoms with Crippen molar-refractivity contribution < 1.29 is 5.21 Å². The molecular formula is C16H22N4O. The molecule has 0 unspecified atom stereocenters. The van der Waals surface area contributed by atoms with E-state index in [-0.39, 0.29) is 5.84 Å². The molecule has 0 aliphatic carbocycles. The predicted molar refractivity (Wildman–Crippen MR) is 87.0 cm³/mol. The molecule has 0 fully saturated rings. The third kappa shape index (κ3) is 3.24. The summed E-state index contributed by atoms with van der Waals surface area (Å²) in [4.78, 5) is 6.96. The summed E-state index contributed by atoms with van der Waals surface area (Å²) in [5.41, 5.74) is 7.40. The summed E-state index contributed by atoms with van der Waals surface area (Å²) in [7, 11) is 0. The third-order valence-corrected chi connectivity index (χ3v) is 3.40. The van der Waals surface area contributed by atoms with Gasteiger partial charge in [0.25, 0.3) is 0 Å². The van der Waals surface area contributed by atoms with E-state index in [4.69, 9.17) is 15.9 Å². The zero-order valence-corrected chi connectivity index (χ0v) is 12.6. The second-order valence-electron chi connectivity index (χ2n) is 5.02. The number of benzene rings is 1. The summed E-state index contributed by atoms with van der Waals surface area (Å²) in [5, 5.41) is 13.1. The molecule has 1 heterocycles. The first-order valence-corrected chi connectivity index (χ1v) is 7.33. The van der Waals surface area contributed by atoms with Crippen molar-refractivity contribution in [3.8, 4) is 0 Å². The van der Waals surface area contributed by atoms with E-state index in [9.17, 15) is 0 Å². The van der Waals surface area contributed by atoms with Crippen LogP contribution in [0.4, 0.5) is 5.82 Å². The quantitative estimate of drug-likeness (QED) is 0.370. The van der Waals surface area contributed by atoms with Crippen LogP contribution in [0.25, 0.3) is 10.9 Å². The van der Waals surface area contributed by atoms with Gasteiger partial charge in [-0.25, -0.2) is 4.98 Å². The molecule has 0 atom stereocenters. The molecular weight excluding hydrogens is 264 g/mol. The van der Waals surface area contributed by atoms with E-state index in [0.717, 1.165) is 48.2 Å². The zero-order chi connectivity index (χ0) is 15.2. The van der Waals surface area contributed by atoms with Crippen LogP contribution in [0.3, 0.4) is 0 Å². The molecule has 2 rings (SSSR count). The van der Waals surface area contributed by atoms with E-state index in [1.807, 2.05) is 30.3 Å². The van der Waals surface area contributed by atoms with Crippen molar-refractivity contribution in [3.63, 3.8) is 0 Å². The van der Waals surface area contributed by atoms with Crippen molar-refractivity contribution in [1.29, 1.82) is 0 Å². The van der Waals surface area contributed by atoms with Gasteiger partial charge < -0.3 is 15.8 Å². The molecule has 3 N–H and O–H groups in total. The third-order valence-electron chi connectivity index (χ3n) is 3.40. The van der Waals surface area contributed by atoms with Crippen LogP contribution in [0.5, 0.6) is 0 Å². The number of para-hydroxylation sites is 1. The van der Waals surface area contributed by atoms with Crippen LogP contribution < -0.4 is 10.6 Å². The molecule has 0 radical (unpaired) electrons. The minimum Gasteiger partial charge on any atom is -0.409 e. The maximum atomic E-state index is 9.01. The van der Waals surface area contributed by atoms with Crippen LogP contribution in [-0.4, -0.2) is 29.1 Å². The number of anilines is 1. The van der Waals surface area contributed by atoms with Gasteiger partial charge in [-0.05, 0) is 25.0 Å². The normalized spacial score (nSPS) is 11.8. The second-order valence-corrected chi connectivity index (χ2v) is 5.02. The highest BCUT2D eigenvalue weighted by atomic mass is 16.4. The van der Waals surface area contributed by atoms with E-state index < -0.39 is 0 Å². The SMILES string of the molecule is CCCN(CCC)c1cc(C(N)=NO)c2ccccc2n1. The summed E-state index contributed by atoms with van der Waals surface area (Å²) in [6.45, 7) is 6.17. The minimum absolute atomic E-state index is 0.114. The number of nitrogens with two attached hydrogens (primary N) is 1. The van der Waals surface area contributed by atoms with Gasteiger partial charge in [-0.3, -0.25) is 0 Å². The largest absolute Gasteiger partial charge is 0.409 e. The molecule has 5 nitrogen and oxygen atoms in total. The number of rotatable bonds is 6. The van der Waals surface area contributed by atoms with Gasteiger partial charge in [-0.1, -0.05) is 37.2 Å². The molecule has 1 aromatic heterocycles. The highest BCUT2D eigenvalue weighted by molar-refractivity contribution is 6.08. The predicted octanol–water partition coefficient (Wildman–Crippen LogP) is 2.96. The molecule has 2 aromatic rings. The fraction of sp³-hybridized carbons (Fsp3) is 0.375. The van der Waals surface area contributed by atoms with E-state index >= 15 is 0 Å². The average Bonchev–Trinajstić information content (AvgIpc) is 2.53. The lowest BCUT2D eigenvalue weighted by molar-refractivity contribution is 0.318. The molecule has 0 aliphatic rings. The zero-order valence-electron chi connectivity index (χ0n) is 12.6. The van der Waals surface area contributed by atoms with Crippen molar-refractivity contribution in [3.05, 3.63) is 35.9 Å². The van der Waals surface area contributed by atoms with Crippen LogP contribution >= 0.6 is 0 Å². The van der Waals surface area contributed by atoms with Crippen LogP contribution in [0.15, 0.2) is 35.5 Å².